The third kappa shape index (κ3) is 3.79. The van der Waals surface area contributed by atoms with Gasteiger partial charge in [0.05, 0.1) is 6.54 Å². The van der Waals surface area contributed by atoms with Gasteiger partial charge in [0.15, 0.2) is 5.69 Å². The monoisotopic (exact) mass is 354 g/mol. The maximum atomic E-state index is 12.8. The minimum absolute atomic E-state index is 0.00786. The summed E-state index contributed by atoms with van der Waals surface area (Å²) in [7, 11) is 0. The predicted molar refractivity (Wildman–Crippen MR) is 100.0 cm³/mol. The van der Waals surface area contributed by atoms with Crippen molar-refractivity contribution in [1.29, 1.82) is 0 Å². The second-order valence-corrected chi connectivity index (χ2v) is 7.10. The van der Waals surface area contributed by atoms with Crippen LogP contribution < -0.4 is 5.32 Å². The van der Waals surface area contributed by atoms with E-state index < -0.39 is 0 Å². The fourth-order valence-electron chi connectivity index (χ4n) is 3.11. The molecule has 2 heterocycles. The van der Waals surface area contributed by atoms with E-state index in [1.807, 2.05) is 31.2 Å². The molecule has 6 nitrogen and oxygen atoms in total. The smallest absolute Gasteiger partial charge is 0.272 e. The van der Waals surface area contributed by atoms with Crippen LogP contribution in [0.5, 0.6) is 0 Å². The van der Waals surface area contributed by atoms with E-state index in [9.17, 15) is 9.59 Å². The molecule has 2 N–H and O–H groups in total. The number of hydrogen-bond donors (Lipinski definition) is 2. The lowest BCUT2D eigenvalue weighted by Gasteiger charge is -2.27. The molecular weight excluding hydrogens is 328 g/mol. The third-order valence-corrected chi connectivity index (χ3v) is 5.01. The molecule has 0 fully saturated rings. The zero-order chi connectivity index (χ0) is 18.7. The van der Waals surface area contributed by atoms with Gasteiger partial charge in [-0.25, -0.2) is 0 Å². The molecule has 26 heavy (non-hydrogen) atoms. The molecule has 1 aromatic heterocycles. The van der Waals surface area contributed by atoms with Crippen LogP contribution in [0.4, 0.5) is 0 Å². The SMILES string of the molecule is CC[C@H](C)CNC(=O)c1n[nH]c2c1CN(C(=O)c1cccc(C)c1)CC2. The predicted octanol–water partition coefficient (Wildman–Crippen LogP) is 2.69. The van der Waals surface area contributed by atoms with Crippen LogP contribution in [-0.2, 0) is 13.0 Å². The molecule has 1 aliphatic heterocycles. The summed E-state index contributed by atoms with van der Waals surface area (Å²) in [6.07, 6.45) is 1.69. The van der Waals surface area contributed by atoms with E-state index in [4.69, 9.17) is 0 Å². The number of aryl methyl sites for hydroxylation is 1. The van der Waals surface area contributed by atoms with Gasteiger partial charge in [0, 0.05) is 36.3 Å². The first-order valence-electron chi connectivity index (χ1n) is 9.19. The summed E-state index contributed by atoms with van der Waals surface area (Å²) < 4.78 is 0. The van der Waals surface area contributed by atoms with Crippen LogP contribution in [0.1, 0.15) is 57.9 Å². The summed E-state index contributed by atoms with van der Waals surface area (Å²) in [5.41, 5.74) is 3.93. The molecule has 0 radical (unpaired) electrons. The van der Waals surface area contributed by atoms with Gasteiger partial charge in [-0.15, -0.1) is 0 Å². The van der Waals surface area contributed by atoms with Gasteiger partial charge in [-0.1, -0.05) is 38.0 Å². The fraction of sp³-hybridized carbons (Fsp3) is 0.450. The van der Waals surface area contributed by atoms with Crippen LogP contribution in [0.3, 0.4) is 0 Å². The van der Waals surface area contributed by atoms with Gasteiger partial charge in [-0.3, -0.25) is 14.7 Å². The molecule has 0 unspecified atom stereocenters. The highest BCUT2D eigenvalue weighted by molar-refractivity contribution is 5.96. The summed E-state index contributed by atoms with van der Waals surface area (Å²) in [5, 5.41) is 10.1. The third-order valence-electron chi connectivity index (χ3n) is 5.01. The second kappa shape index (κ2) is 7.72. The number of amides is 2. The normalized spacial score (nSPS) is 14.7. The topological polar surface area (TPSA) is 78.1 Å². The molecule has 138 valence electrons. The van der Waals surface area contributed by atoms with E-state index in [0.29, 0.717) is 43.2 Å². The average Bonchev–Trinajstić information content (AvgIpc) is 3.08. The van der Waals surface area contributed by atoms with E-state index in [1.165, 1.54) is 0 Å². The van der Waals surface area contributed by atoms with Gasteiger partial charge < -0.3 is 10.2 Å². The Labute approximate surface area is 154 Å². The number of carbonyl (C=O) groups excluding carboxylic acids is 2. The van der Waals surface area contributed by atoms with Crippen LogP contribution in [-0.4, -0.2) is 40.0 Å². The second-order valence-electron chi connectivity index (χ2n) is 7.10. The number of nitrogens with one attached hydrogen (secondary N) is 2. The maximum Gasteiger partial charge on any atom is 0.272 e. The number of aromatic amines is 1. The van der Waals surface area contributed by atoms with Crippen molar-refractivity contribution in [2.75, 3.05) is 13.1 Å². The molecule has 6 heteroatoms. The number of hydrogen-bond acceptors (Lipinski definition) is 3. The van der Waals surface area contributed by atoms with Crippen molar-refractivity contribution in [1.82, 2.24) is 20.4 Å². The van der Waals surface area contributed by atoms with E-state index in [2.05, 4.69) is 29.4 Å². The van der Waals surface area contributed by atoms with Crippen molar-refractivity contribution in [2.45, 2.75) is 40.2 Å². The Balaban J connectivity index is 1.74. The largest absolute Gasteiger partial charge is 0.350 e. The Kier molecular flexibility index (Phi) is 5.40. The first kappa shape index (κ1) is 18.2. The molecule has 1 aromatic carbocycles. The van der Waals surface area contributed by atoms with Crippen molar-refractivity contribution in [3.8, 4) is 0 Å². The lowest BCUT2D eigenvalue weighted by molar-refractivity contribution is 0.0731. The number of carbonyl (C=O) groups is 2. The summed E-state index contributed by atoms with van der Waals surface area (Å²) >= 11 is 0. The van der Waals surface area contributed by atoms with Crippen molar-refractivity contribution >= 4 is 11.8 Å². The van der Waals surface area contributed by atoms with Gasteiger partial charge in [-0.05, 0) is 25.0 Å². The van der Waals surface area contributed by atoms with Crippen LogP contribution in [0.2, 0.25) is 0 Å². The maximum absolute atomic E-state index is 12.8. The number of H-pyrrole nitrogens is 1. The Hall–Kier alpha value is -2.63. The Morgan fingerprint density at radius 3 is 2.92 bits per heavy atom. The first-order valence-corrected chi connectivity index (χ1v) is 9.19. The van der Waals surface area contributed by atoms with Crippen LogP contribution in [0.15, 0.2) is 24.3 Å². The zero-order valence-electron chi connectivity index (χ0n) is 15.6. The summed E-state index contributed by atoms with van der Waals surface area (Å²) in [5.74, 6) is 0.243. The fourth-order valence-corrected chi connectivity index (χ4v) is 3.11. The number of aromatic nitrogens is 2. The molecule has 0 bridgehead atoms. The zero-order valence-corrected chi connectivity index (χ0v) is 15.6. The minimum Gasteiger partial charge on any atom is -0.350 e. The van der Waals surface area contributed by atoms with E-state index in [0.717, 1.165) is 23.2 Å². The molecule has 2 amide bonds. The molecule has 0 spiro atoms. The van der Waals surface area contributed by atoms with Crippen LogP contribution in [0.25, 0.3) is 0 Å². The van der Waals surface area contributed by atoms with E-state index >= 15 is 0 Å². The molecular formula is C20H26N4O2. The first-order chi connectivity index (χ1) is 12.5. The Morgan fingerprint density at radius 2 is 2.19 bits per heavy atom. The lowest BCUT2D eigenvalue weighted by Crippen LogP contribution is -2.37. The van der Waals surface area contributed by atoms with Gasteiger partial charge >= 0.3 is 0 Å². The minimum atomic E-state index is -0.173. The number of benzene rings is 1. The standard InChI is InChI=1S/C20H26N4O2/c1-4-13(2)11-21-19(25)18-16-12-24(9-8-17(16)22-23-18)20(26)15-7-5-6-14(3)10-15/h5-7,10,13H,4,8-9,11-12H2,1-3H3,(H,21,25)(H,22,23)/t13-/m0/s1. The van der Waals surface area contributed by atoms with Crippen LogP contribution >= 0.6 is 0 Å². The van der Waals surface area contributed by atoms with Crippen LogP contribution in [0, 0.1) is 12.8 Å². The summed E-state index contributed by atoms with van der Waals surface area (Å²) in [6.45, 7) is 7.83. The van der Waals surface area contributed by atoms with E-state index in [1.54, 1.807) is 4.90 Å². The lowest BCUT2D eigenvalue weighted by atomic mass is 10.0. The molecule has 0 aliphatic carbocycles. The van der Waals surface area contributed by atoms with Crippen molar-refractivity contribution in [2.24, 2.45) is 5.92 Å². The van der Waals surface area contributed by atoms with E-state index in [-0.39, 0.29) is 11.8 Å². The van der Waals surface area contributed by atoms with Gasteiger partial charge in [-0.2, -0.15) is 5.10 Å². The summed E-state index contributed by atoms with van der Waals surface area (Å²) in [6, 6.07) is 7.59. The molecule has 2 aromatic rings. The van der Waals surface area contributed by atoms with Gasteiger partial charge in [0.2, 0.25) is 0 Å². The molecule has 3 rings (SSSR count). The highest BCUT2D eigenvalue weighted by Crippen LogP contribution is 2.22. The quantitative estimate of drug-likeness (QED) is 0.866. The van der Waals surface area contributed by atoms with Gasteiger partial charge in [0.1, 0.15) is 0 Å². The van der Waals surface area contributed by atoms with Crippen molar-refractivity contribution in [3.05, 3.63) is 52.3 Å². The Bertz CT molecular complexity index is 812. The molecule has 1 atom stereocenters. The molecule has 0 saturated heterocycles. The highest BCUT2D eigenvalue weighted by Gasteiger charge is 2.28. The number of rotatable bonds is 5. The Morgan fingerprint density at radius 1 is 1.38 bits per heavy atom. The number of nitrogens with zero attached hydrogens (tertiary/aromatic N) is 2. The number of fused-ring (bicyclic) bond motifs is 1. The highest BCUT2D eigenvalue weighted by atomic mass is 16.2. The molecule has 0 saturated carbocycles. The molecule has 1 aliphatic rings. The van der Waals surface area contributed by atoms with Gasteiger partial charge in [0.25, 0.3) is 11.8 Å². The van der Waals surface area contributed by atoms with Crippen molar-refractivity contribution in [3.63, 3.8) is 0 Å². The average molecular weight is 354 g/mol. The summed E-state index contributed by atoms with van der Waals surface area (Å²) in [4.78, 5) is 27.1. The van der Waals surface area contributed by atoms with Crippen molar-refractivity contribution < 1.29 is 9.59 Å².